The van der Waals surface area contributed by atoms with Gasteiger partial charge in [-0.3, -0.25) is 9.48 Å². The van der Waals surface area contributed by atoms with Gasteiger partial charge in [-0.25, -0.2) is 17.6 Å². The Morgan fingerprint density at radius 1 is 1.33 bits per heavy atom. The molecule has 1 aromatic heterocycles. The molecule has 0 aromatic carbocycles. The number of amides is 1. The van der Waals surface area contributed by atoms with Gasteiger partial charge in [0.2, 0.25) is 5.72 Å². The molecule has 0 aliphatic carbocycles. The van der Waals surface area contributed by atoms with Crippen molar-refractivity contribution in [3.63, 3.8) is 0 Å². The Morgan fingerprint density at radius 3 is 2.33 bits per heavy atom. The van der Waals surface area contributed by atoms with Crippen molar-refractivity contribution >= 4 is 23.2 Å². The van der Waals surface area contributed by atoms with Crippen LogP contribution >= 0.6 is 11.6 Å². The molecule has 134 valence electrons. The number of hydrazone groups is 1. The molecule has 0 saturated carbocycles. The number of carbonyl (C=O) groups excluding carboxylic acids is 1. The number of carbonyl (C=O) groups is 1. The molecule has 0 unspecified atom stereocenters. The summed E-state index contributed by atoms with van der Waals surface area (Å²) >= 11 is 5.97. The third-order valence-electron chi connectivity index (χ3n) is 3.81. The summed E-state index contributed by atoms with van der Waals surface area (Å²) in [6.45, 7) is 4.46. The molecule has 24 heavy (non-hydrogen) atoms. The number of aromatic nitrogens is 2. The minimum atomic E-state index is -3.47. The van der Waals surface area contributed by atoms with E-state index in [4.69, 9.17) is 11.6 Å². The maximum atomic E-state index is 13.2. The van der Waals surface area contributed by atoms with Gasteiger partial charge in [-0.1, -0.05) is 11.6 Å². The summed E-state index contributed by atoms with van der Waals surface area (Å²) in [4.78, 5) is 12.5. The maximum absolute atomic E-state index is 13.2. The van der Waals surface area contributed by atoms with Crippen LogP contribution in [0.4, 0.5) is 17.6 Å². The molecule has 1 aliphatic heterocycles. The number of hydrogen-bond acceptors (Lipinski definition) is 4. The second-order valence-corrected chi connectivity index (χ2v) is 5.88. The Bertz CT molecular complexity index is 694. The highest BCUT2D eigenvalue weighted by Gasteiger charge is 2.54. The predicted octanol–water partition coefficient (Wildman–Crippen LogP) is 2.52. The molecule has 1 N–H and O–H groups in total. The SMILES string of the molecule is Cc1nn([C@@H](C)C(=O)N2N=C(C(F)F)C[C@@]2(O)C(F)F)c(C)c1Cl. The smallest absolute Gasteiger partial charge is 0.287 e. The van der Waals surface area contributed by atoms with E-state index < -0.39 is 42.7 Å². The molecule has 0 spiro atoms. The van der Waals surface area contributed by atoms with Crippen molar-refractivity contribution in [3.8, 4) is 0 Å². The van der Waals surface area contributed by atoms with Gasteiger partial charge < -0.3 is 5.11 Å². The fourth-order valence-electron chi connectivity index (χ4n) is 2.42. The first-order valence-corrected chi connectivity index (χ1v) is 7.29. The van der Waals surface area contributed by atoms with Gasteiger partial charge in [0, 0.05) is 6.42 Å². The minimum absolute atomic E-state index is 0.0220. The van der Waals surface area contributed by atoms with Crippen LogP contribution in [0.15, 0.2) is 5.10 Å². The summed E-state index contributed by atoms with van der Waals surface area (Å²) in [6.07, 6.45) is -7.76. The lowest BCUT2D eigenvalue weighted by atomic mass is 10.1. The highest BCUT2D eigenvalue weighted by molar-refractivity contribution is 6.31. The Labute approximate surface area is 139 Å². The third kappa shape index (κ3) is 2.88. The van der Waals surface area contributed by atoms with E-state index >= 15 is 0 Å². The summed E-state index contributed by atoms with van der Waals surface area (Å²) in [5.41, 5.74) is -3.29. The van der Waals surface area contributed by atoms with Crippen LogP contribution in [0.25, 0.3) is 0 Å². The number of aliphatic hydroxyl groups is 1. The van der Waals surface area contributed by atoms with Gasteiger partial charge >= 0.3 is 0 Å². The van der Waals surface area contributed by atoms with E-state index in [1.807, 2.05) is 0 Å². The topological polar surface area (TPSA) is 70.7 Å². The van der Waals surface area contributed by atoms with Gasteiger partial charge in [0.25, 0.3) is 18.8 Å². The highest BCUT2D eigenvalue weighted by Crippen LogP contribution is 2.35. The first-order valence-electron chi connectivity index (χ1n) is 6.92. The van der Waals surface area contributed by atoms with Gasteiger partial charge in [0.15, 0.2) is 0 Å². The lowest BCUT2D eigenvalue weighted by molar-refractivity contribution is -0.194. The van der Waals surface area contributed by atoms with Gasteiger partial charge in [-0.05, 0) is 20.8 Å². The zero-order valence-electron chi connectivity index (χ0n) is 13.0. The fraction of sp³-hybridized carbons (Fsp3) is 0.615. The number of halogens is 5. The van der Waals surface area contributed by atoms with Crippen LogP contribution in [0.2, 0.25) is 5.02 Å². The Hall–Kier alpha value is -1.68. The van der Waals surface area contributed by atoms with Crippen LogP contribution in [0, 0.1) is 13.8 Å². The lowest BCUT2D eigenvalue weighted by Crippen LogP contribution is -2.53. The molecule has 1 amide bonds. The molecule has 1 aromatic rings. The molecular formula is C13H15ClF4N4O2. The number of aryl methyl sites for hydroxylation is 1. The van der Waals surface area contributed by atoms with Crippen LogP contribution in [0.1, 0.15) is 30.8 Å². The summed E-state index contributed by atoms with van der Waals surface area (Å²) < 4.78 is 53.1. The van der Waals surface area contributed by atoms with Crippen LogP contribution in [0.3, 0.4) is 0 Å². The van der Waals surface area contributed by atoms with E-state index in [0.29, 0.717) is 11.4 Å². The number of alkyl halides is 4. The number of nitrogens with zero attached hydrogens (tertiary/aromatic N) is 4. The van der Waals surface area contributed by atoms with Crippen molar-refractivity contribution in [2.75, 3.05) is 0 Å². The highest BCUT2D eigenvalue weighted by atomic mass is 35.5. The first-order chi connectivity index (χ1) is 11.0. The lowest BCUT2D eigenvalue weighted by Gasteiger charge is -2.31. The molecule has 0 fully saturated rings. The van der Waals surface area contributed by atoms with Gasteiger partial charge in [-0.2, -0.15) is 15.2 Å². The van der Waals surface area contributed by atoms with Crippen molar-refractivity contribution in [1.82, 2.24) is 14.8 Å². The zero-order valence-corrected chi connectivity index (χ0v) is 13.7. The first kappa shape index (κ1) is 18.7. The van der Waals surface area contributed by atoms with E-state index in [1.165, 1.54) is 11.6 Å². The summed E-state index contributed by atoms with van der Waals surface area (Å²) in [6, 6.07) is -1.18. The summed E-state index contributed by atoms with van der Waals surface area (Å²) in [5, 5.41) is 17.5. The number of rotatable bonds is 4. The molecule has 0 saturated heterocycles. The average molecular weight is 371 g/mol. The van der Waals surface area contributed by atoms with E-state index in [9.17, 15) is 27.5 Å². The van der Waals surface area contributed by atoms with Crippen molar-refractivity contribution < 1.29 is 27.5 Å². The van der Waals surface area contributed by atoms with E-state index in [0.717, 1.165) is 0 Å². The van der Waals surface area contributed by atoms with Crippen LogP contribution in [-0.2, 0) is 4.79 Å². The van der Waals surface area contributed by atoms with Crippen molar-refractivity contribution in [3.05, 3.63) is 16.4 Å². The van der Waals surface area contributed by atoms with Gasteiger partial charge in [0.05, 0.1) is 16.4 Å². The normalized spacial score (nSPS) is 22.5. The van der Waals surface area contributed by atoms with E-state index in [1.54, 1.807) is 13.8 Å². The van der Waals surface area contributed by atoms with Crippen LogP contribution in [0.5, 0.6) is 0 Å². The number of hydrogen-bond donors (Lipinski definition) is 1. The summed E-state index contributed by atoms with van der Waals surface area (Å²) in [7, 11) is 0. The van der Waals surface area contributed by atoms with E-state index in [2.05, 4.69) is 10.2 Å². The summed E-state index contributed by atoms with van der Waals surface area (Å²) in [5.74, 6) is -1.10. The van der Waals surface area contributed by atoms with Crippen LogP contribution in [-0.4, -0.2) is 50.1 Å². The Balaban J connectivity index is 2.40. The Kier molecular flexibility index (Phi) is 4.91. The fourth-order valence-corrected chi connectivity index (χ4v) is 2.55. The molecule has 6 nitrogen and oxygen atoms in total. The third-order valence-corrected chi connectivity index (χ3v) is 4.35. The maximum Gasteiger partial charge on any atom is 0.287 e. The largest absolute Gasteiger partial charge is 0.364 e. The van der Waals surface area contributed by atoms with E-state index in [-0.39, 0.29) is 10.0 Å². The van der Waals surface area contributed by atoms with Crippen molar-refractivity contribution in [1.29, 1.82) is 0 Å². The standard InChI is InChI=1S/C13H15ClF4N4O2/c1-5-9(14)6(2)21(19-5)7(3)11(23)22-13(24,12(17)18)4-8(20-22)10(15)16/h7,10,12,24H,4H2,1-3H3/t7-,13+/m0/s1. The van der Waals surface area contributed by atoms with Crippen molar-refractivity contribution in [2.45, 2.75) is 51.8 Å². The molecule has 0 bridgehead atoms. The molecule has 0 radical (unpaired) electrons. The van der Waals surface area contributed by atoms with Crippen molar-refractivity contribution in [2.24, 2.45) is 5.10 Å². The Morgan fingerprint density at radius 2 is 1.92 bits per heavy atom. The predicted molar refractivity (Wildman–Crippen MR) is 77.3 cm³/mol. The molecule has 2 heterocycles. The second-order valence-electron chi connectivity index (χ2n) is 5.50. The van der Waals surface area contributed by atoms with Gasteiger partial charge in [0.1, 0.15) is 11.8 Å². The molecule has 2 rings (SSSR count). The average Bonchev–Trinajstić information content (AvgIpc) is 3.00. The molecule has 2 atom stereocenters. The second kappa shape index (κ2) is 6.32. The minimum Gasteiger partial charge on any atom is -0.364 e. The molecular weight excluding hydrogens is 356 g/mol. The zero-order chi connectivity index (χ0) is 18.4. The van der Waals surface area contributed by atoms with Crippen LogP contribution < -0.4 is 0 Å². The van der Waals surface area contributed by atoms with Gasteiger partial charge in [-0.15, -0.1) is 0 Å². The quantitative estimate of drug-likeness (QED) is 0.828. The monoisotopic (exact) mass is 370 g/mol. The molecule has 1 aliphatic rings. The molecule has 11 heteroatoms.